The summed E-state index contributed by atoms with van der Waals surface area (Å²) in [4.78, 5) is 16.3. The second-order valence-corrected chi connectivity index (χ2v) is 5.78. The van der Waals surface area contributed by atoms with E-state index in [0.29, 0.717) is 23.3 Å². The number of fused-ring (bicyclic) bond motifs is 3. The van der Waals surface area contributed by atoms with E-state index in [9.17, 15) is 9.18 Å². The van der Waals surface area contributed by atoms with E-state index < -0.39 is 5.97 Å². The van der Waals surface area contributed by atoms with Crippen molar-refractivity contribution in [2.75, 3.05) is 7.11 Å². The predicted octanol–water partition coefficient (Wildman–Crippen LogP) is 4.16. The van der Waals surface area contributed by atoms with Crippen molar-refractivity contribution in [2.24, 2.45) is 0 Å². The van der Waals surface area contributed by atoms with Gasteiger partial charge in [0.15, 0.2) is 0 Å². The number of halogens is 1. The van der Waals surface area contributed by atoms with Crippen molar-refractivity contribution in [1.82, 2.24) is 9.55 Å². The van der Waals surface area contributed by atoms with Crippen LogP contribution in [0.5, 0.6) is 0 Å². The minimum atomic E-state index is -0.430. The fraction of sp³-hybridized carbons (Fsp3) is 0.100. The molecule has 4 aromatic rings. The van der Waals surface area contributed by atoms with E-state index in [1.807, 2.05) is 34.9 Å². The zero-order chi connectivity index (χ0) is 17.4. The van der Waals surface area contributed by atoms with Crippen molar-refractivity contribution in [1.29, 1.82) is 0 Å². The third kappa shape index (κ3) is 2.54. The molecular weight excluding hydrogens is 319 g/mol. The van der Waals surface area contributed by atoms with Crippen LogP contribution in [0.15, 0.2) is 60.8 Å². The molecule has 0 bridgehead atoms. The Morgan fingerprint density at radius 3 is 2.68 bits per heavy atom. The lowest BCUT2D eigenvalue weighted by atomic mass is 10.1. The van der Waals surface area contributed by atoms with E-state index in [1.165, 1.54) is 19.4 Å². The Hall–Kier alpha value is -3.21. The maximum absolute atomic E-state index is 14.1. The van der Waals surface area contributed by atoms with Crippen molar-refractivity contribution in [3.05, 3.63) is 77.7 Å². The quantitative estimate of drug-likeness (QED) is 0.528. The summed E-state index contributed by atoms with van der Waals surface area (Å²) in [6.07, 6.45) is 1.49. The fourth-order valence-corrected chi connectivity index (χ4v) is 3.11. The normalized spacial score (nSPS) is 11.1. The Kier molecular flexibility index (Phi) is 3.69. The van der Waals surface area contributed by atoms with Gasteiger partial charge in [-0.3, -0.25) is 0 Å². The number of aromatic nitrogens is 2. The molecule has 0 saturated heterocycles. The molecule has 4 rings (SSSR count). The van der Waals surface area contributed by atoms with Gasteiger partial charge in [-0.25, -0.2) is 14.2 Å². The van der Waals surface area contributed by atoms with Gasteiger partial charge in [0.05, 0.1) is 24.7 Å². The van der Waals surface area contributed by atoms with Crippen LogP contribution in [0.3, 0.4) is 0 Å². The summed E-state index contributed by atoms with van der Waals surface area (Å²) in [5.41, 5.74) is 2.63. The molecule has 0 aliphatic rings. The van der Waals surface area contributed by atoms with E-state index in [-0.39, 0.29) is 5.82 Å². The van der Waals surface area contributed by atoms with Crippen molar-refractivity contribution < 1.29 is 13.9 Å². The van der Waals surface area contributed by atoms with Gasteiger partial charge >= 0.3 is 5.97 Å². The van der Waals surface area contributed by atoms with E-state index in [2.05, 4.69) is 4.98 Å². The molecular formula is C20H15FN2O2. The molecule has 2 heterocycles. The Bertz CT molecular complexity index is 1100. The van der Waals surface area contributed by atoms with Crippen molar-refractivity contribution in [3.63, 3.8) is 0 Å². The molecule has 0 N–H and O–H groups in total. The zero-order valence-corrected chi connectivity index (χ0v) is 13.6. The monoisotopic (exact) mass is 334 g/mol. The maximum Gasteiger partial charge on any atom is 0.339 e. The first kappa shape index (κ1) is 15.3. The average Bonchev–Trinajstić information content (AvgIpc) is 2.96. The number of para-hydroxylation sites is 1. The van der Waals surface area contributed by atoms with Gasteiger partial charge in [0.1, 0.15) is 11.5 Å². The molecule has 2 aromatic carbocycles. The highest BCUT2D eigenvalue weighted by molar-refractivity contribution is 6.08. The van der Waals surface area contributed by atoms with Gasteiger partial charge in [0.25, 0.3) is 0 Å². The van der Waals surface area contributed by atoms with Gasteiger partial charge in [-0.2, -0.15) is 0 Å². The smallest absolute Gasteiger partial charge is 0.339 e. The van der Waals surface area contributed by atoms with Crippen LogP contribution >= 0.6 is 0 Å². The van der Waals surface area contributed by atoms with Gasteiger partial charge in [0.2, 0.25) is 0 Å². The number of esters is 1. The number of nitrogens with zero attached hydrogens (tertiary/aromatic N) is 2. The average molecular weight is 334 g/mol. The Balaban J connectivity index is 1.96. The maximum atomic E-state index is 14.1. The minimum Gasteiger partial charge on any atom is -0.465 e. The number of methoxy groups -OCH3 is 1. The zero-order valence-electron chi connectivity index (χ0n) is 13.6. The molecule has 0 aliphatic carbocycles. The lowest BCUT2D eigenvalue weighted by Crippen LogP contribution is -2.04. The molecule has 5 heteroatoms. The molecule has 2 aromatic heterocycles. The SMILES string of the molecule is COC(=O)c1cnc2c(c1)c1ccccc1n2Cc1ccccc1F. The number of ether oxygens (including phenoxy) is 1. The molecule has 25 heavy (non-hydrogen) atoms. The second-order valence-electron chi connectivity index (χ2n) is 5.78. The summed E-state index contributed by atoms with van der Waals surface area (Å²) in [6.45, 7) is 0.362. The number of hydrogen-bond donors (Lipinski definition) is 0. The van der Waals surface area contributed by atoms with Crippen molar-refractivity contribution in [3.8, 4) is 0 Å². The van der Waals surface area contributed by atoms with Crippen LogP contribution < -0.4 is 0 Å². The molecule has 0 radical (unpaired) electrons. The summed E-state index contributed by atoms with van der Waals surface area (Å²) < 4.78 is 20.8. The van der Waals surface area contributed by atoms with E-state index in [1.54, 1.807) is 18.2 Å². The van der Waals surface area contributed by atoms with Crippen LogP contribution in [0.1, 0.15) is 15.9 Å². The van der Waals surface area contributed by atoms with Crippen molar-refractivity contribution in [2.45, 2.75) is 6.54 Å². The molecule has 0 unspecified atom stereocenters. The summed E-state index contributed by atoms with van der Waals surface area (Å²) in [7, 11) is 1.34. The molecule has 0 spiro atoms. The van der Waals surface area contributed by atoms with Crippen LogP contribution in [0.25, 0.3) is 21.9 Å². The third-order valence-electron chi connectivity index (χ3n) is 4.31. The molecule has 124 valence electrons. The molecule has 0 atom stereocenters. The van der Waals surface area contributed by atoms with Crippen molar-refractivity contribution >= 4 is 27.9 Å². The number of pyridine rings is 1. The minimum absolute atomic E-state index is 0.250. The highest BCUT2D eigenvalue weighted by atomic mass is 19.1. The van der Waals surface area contributed by atoms with Crippen LogP contribution in [0.2, 0.25) is 0 Å². The first-order valence-corrected chi connectivity index (χ1v) is 7.88. The van der Waals surface area contributed by atoms with Crippen LogP contribution in [-0.4, -0.2) is 22.6 Å². The number of carbonyl (C=O) groups excluding carboxylic acids is 1. The summed E-state index contributed by atoms with van der Waals surface area (Å²) in [5.74, 6) is -0.681. The van der Waals surface area contributed by atoms with Gasteiger partial charge < -0.3 is 9.30 Å². The van der Waals surface area contributed by atoms with Gasteiger partial charge in [-0.05, 0) is 18.2 Å². The number of benzene rings is 2. The lowest BCUT2D eigenvalue weighted by Gasteiger charge is -2.08. The lowest BCUT2D eigenvalue weighted by molar-refractivity contribution is 0.0600. The van der Waals surface area contributed by atoms with Crippen LogP contribution in [0, 0.1) is 5.82 Å². The first-order chi connectivity index (χ1) is 12.2. The van der Waals surface area contributed by atoms with E-state index in [4.69, 9.17) is 4.74 Å². The largest absolute Gasteiger partial charge is 0.465 e. The van der Waals surface area contributed by atoms with Gasteiger partial charge in [-0.1, -0.05) is 36.4 Å². The Morgan fingerprint density at radius 2 is 1.88 bits per heavy atom. The van der Waals surface area contributed by atoms with Crippen LogP contribution in [-0.2, 0) is 11.3 Å². The highest BCUT2D eigenvalue weighted by Gasteiger charge is 2.15. The second kappa shape index (κ2) is 6.02. The molecule has 0 amide bonds. The third-order valence-corrected chi connectivity index (χ3v) is 4.31. The number of carbonyl (C=O) groups is 1. The molecule has 0 fully saturated rings. The summed E-state index contributed by atoms with van der Waals surface area (Å²) in [6, 6.07) is 16.3. The summed E-state index contributed by atoms with van der Waals surface area (Å²) in [5, 5.41) is 1.81. The standard InChI is InChI=1S/C20H15FN2O2/c1-25-20(24)14-10-16-15-7-3-5-9-18(15)23(19(16)22-11-14)12-13-6-2-4-8-17(13)21/h2-11H,12H2,1H3. The number of hydrogen-bond acceptors (Lipinski definition) is 3. The van der Waals surface area contributed by atoms with Crippen LogP contribution in [0.4, 0.5) is 4.39 Å². The predicted molar refractivity (Wildman–Crippen MR) is 94.1 cm³/mol. The Labute approximate surface area is 143 Å². The highest BCUT2D eigenvalue weighted by Crippen LogP contribution is 2.29. The van der Waals surface area contributed by atoms with Gasteiger partial charge in [0, 0.05) is 22.5 Å². The molecule has 0 aliphatic heterocycles. The topological polar surface area (TPSA) is 44.1 Å². The Morgan fingerprint density at radius 1 is 1.12 bits per heavy atom. The molecule has 0 saturated carbocycles. The summed E-state index contributed by atoms with van der Waals surface area (Å²) >= 11 is 0. The van der Waals surface area contributed by atoms with E-state index in [0.717, 1.165) is 16.3 Å². The first-order valence-electron chi connectivity index (χ1n) is 7.88. The van der Waals surface area contributed by atoms with Gasteiger partial charge in [-0.15, -0.1) is 0 Å². The molecule has 4 nitrogen and oxygen atoms in total. The van der Waals surface area contributed by atoms with E-state index >= 15 is 0 Å². The number of rotatable bonds is 3. The fourth-order valence-electron chi connectivity index (χ4n) is 3.11.